The van der Waals surface area contributed by atoms with Gasteiger partial charge in [0.1, 0.15) is 5.60 Å². The number of rotatable bonds is 1. The van der Waals surface area contributed by atoms with Gasteiger partial charge in [0.25, 0.3) is 0 Å². The summed E-state index contributed by atoms with van der Waals surface area (Å²) in [5.74, 6) is 6.96. The molecular formula is C14H17NOS. The molecule has 0 radical (unpaired) electrons. The van der Waals surface area contributed by atoms with Gasteiger partial charge in [0, 0.05) is 17.9 Å². The Bertz CT molecular complexity index is 430. The molecule has 17 heavy (non-hydrogen) atoms. The first kappa shape index (κ1) is 12.5. The van der Waals surface area contributed by atoms with Gasteiger partial charge in [-0.15, -0.1) is 11.8 Å². The van der Waals surface area contributed by atoms with Crippen LogP contribution in [0.3, 0.4) is 0 Å². The van der Waals surface area contributed by atoms with Crippen LogP contribution in [0.25, 0.3) is 0 Å². The Kier molecular flexibility index (Phi) is 3.78. The molecule has 0 amide bonds. The molecule has 3 heteroatoms. The summed E-state index contributed by atoms with van der Waals surface area (Å²) < 4.78 is 0. The monoisotopic (exact) mass is 247 g/mol. The Morgan fingerprint density at radius 2 is 2.06 bits per heavy atom. The molecule has 0 bridgehead atoms. The summed E-state index contributed by atoms with van der Waals surface area (Å²) in [5.41, 5.74) is 1.31. The predicted molar refractivity (Wildman–Crippen MR) is 72.8 cm³/mol. The molecule has 1 heterocycles. The van der Waals surface area contributed by atoms with E-state index in [1.54, 1.807) is 13.8 Å². The molecule has 1 fully saturated rings. The second-order valence-corrected chi connectivity index (χ2v) is 5.85. The number of aliphatic hydroxyl groups is 1. The predicted octanol–water partition coefficient (Wildman–Crippen LogP) is 2.14. The molecule has 0 aromatic heterocycles. The Labute approximate surface area is 107 Å². The maximum Gasteiger partial charge on any atom is 0.120 e. The quantitative estimate of drug-likeness (QED) is 0.746. The second-order valence-electron chi connectivity index (χ2n) is 4.64. The average Bonchev–Trinajstić information content (AvgIpc) is 2.79. The molecule has 2 rings (SSSR count). The fourth-order valence-corrected chi connectivity index (χ4v) is 2.66. The van der Waals surface area contributed by atoms with Crippen molar-refractivity contribution in [1.82, 2.24) is 5.32 Å². The van der Waals surface area contributed by atoms with Crippen LogP contribution in [0.15, 0.2) is 24.3 Å². The molecule has 1 aliphatic rings. The normalized spacial score (nSPS) is 19.8. The van der Waals surface area contributed by atoms with Crippen molar-refractivity contribution in [1.29, 1.82) is 0 Å². The molecule has 0 unspecified atom stereocenters. The molecule has 0 aliphatic carbocycles. The van der Waals surface area contributed by atoms with Gasteiger partial charge in [-0.05, 0) is 31.5 Å². The lowest BCUT2D eigenvalue weighted by molar-refractivity contribution is 0.143. The lowest BCUT2D eigenvalue weighted by atomic mass is 10.1. The first-order chi connectivity index (χ1) is 8.04. The molecular weight excluding hydrogens is 230 g/mol. The third-order valence-corrected chi connectivity index (χ3v) is 3.65. The lowest BCUT2D eigenvalue weighted by Gasteiger charge is -2.09. The van der Waals surface area contributed by atoms with E-state index in [9.17, 15) is 5.11 Å². The minimum absolute atomic E-state index is 0.422. The fourth-order valence-electron chi connectivity index (χ4n) is 1.61. The van der Waals surface area contributed by atoms with Gasteiger partial charge < -0.3 is 10.4 Å². The van der Waals surface area contributed by atoms with Gasteiger partial charge >= 0.3 is 0 Å². The maximum absolute atomic E-state index is 9.52. The fraction of sp³-hybridized carbons (Fsp3) is 0.429. The van der Waals surface area contributed by atoms with Crippen molar-refractivity contribution in [2.24, 2.45) is 0 Å². The van der Waals surface area contributed by atoms with Gasteiger partial charge in [-0.25, -0.2) is 0 Å². The van der Waals surface area contributed by atoms with E-state index in [1.807, 2.05) is 23.9 Å². The number of hydrogen-bond donors (Lipinski definition) is 2. The number of benzene rings is 1. The van der Waals surface area contributed by atoms with E-state index in [4.69, 9.17) is 0 Å². The third-order valence-electron chi connectivity index (χ3n) is 2.44. The van der Waals surface area contributed by atoms with Crippen molar-refractivity contribution in [2.75, 3.05) is 12.3 Å². The summed E-state index contributed by atoms with van der Waals surface area (Å²) >= 11 is 1.93. The van der Waals surface area contributed by atoms with E-state index in [1.165, 1.54) is 11.3 Å². The van der Waals surface area contributed by atoms with Gasteiger partial charge in [-0.1, -0.05) is 24.0 Å². The van der Waals surface area contributed by atoms with Crippen LogP contribution < -0.4 is 5.32 Å². The smallest absolute Gasteiger partial charge is 0.120 e. The van der Waals surface area contributed by atoms with Crippen LogP contribution in [0, 0.1) is 11.8 Å². The first-order valence-corrected chi connectivity index (χ1v) is 6.80. The molecule has 2 nitrogen and oxygen atoms in total. The molecule has 0 saturated carbocycles. The maximum atomic E-state index is 9.52. The van der Waals surface area contributed by atoms with Gasteiger partial charge in [0.2, 0.25) is 0 Å². The van der Waals surface area contributed by atoms with Crippen LogP contribution in [-0.2, 0) is 0 Å². The number of hydrogen-bond acceptors (Lipinski definition) is 3. The summed E-state index contributed by atoms with van der Waals surface area (Å²) in [5, 5.41) is 13.4. The summed E-state index contributed by atoms with van der Waals surface area (Å²) in [6.07, 6.45) is 0. The number of nitrogens with one attached hydrogen (secondary N) is 1. The zero-order valence-electron chi connectivity index (χ0n) is 10.2. The minimum Gasteiger partial charge on any atom is -0.378 e. The van der Waals surface area contributed by atoms with Crippen molar-refractivity contribution in [2.45, 2.75) is 24.8 Å². The second kappa shape index (κ2) is 5.14. The summed E-state index contributed by atoms with van der Waals surface area (Å²) in [7, 11) is 0. The zero-order valence-corrected chi connectivity index (χ0v) is 11.0. The average molecular weight is 247 g/mol. The van der Waals surface area contributed by atoms with E-state index in [0.717, 1.165) is 12.1 Å². The molecule has 1 saturated heterocycles. The highest BCUT2D eigenvalue weighted by Gasteiger charge is 2.15. The highest BCUT2D eigenvalue weighted by molar-refractivity contribution is 7.99. The lowest BCUT2D eigenvalue weighted by Crippen LogP contribution is -2.14. The van der Waals surface area contributed by atoms with Crippen molar-refractivity contribution < 1.29 is 5.11 Å². The Morgan fingerprint density at radius 1 is 1.35 bits per heavy atom. The Balaban J connectivity index is 2.09. The first-order valence-electron chi connectivity index (χ1n) is 5.75. The van der Waals surface area contributed by atoms with E-state index in [0.29, 0.717) is 5.37 Å². The van der Waals surface area contributed by atoms with E-state index in [-0.39, 0.29) is 0 Å². The summed E-state index contributed by atoms with van der Waals surface area (Å²) in [6, 6.07) is 8.22. The largest absolute Gasteiger partial charge is 0.378 e. The summed E-state index contributed by atoms with van der Waals surface area (Å²) in [6.45, 7) is 4.45. The summed E-state index contributed by atoms with van der Waals surface area (Å²) in [4.78, 5) is 0. The van der Waals surface area contributed by atoms with Crippen LogP contribution in [0.5, 0.6) is 0 Å². The zero-order chi connectivity index (χ0) is 12.3. The van der Waals surface area contributed by atoms with Crippen molar-refractivity contribution >= 4 is 11.8 Å². The van der Waals surface area contributed by atoms with Gasteiger partial charge in [-0.3, -0.25) is 0 Å². The highest BCUT2D eigenvalue weighted by atomic mass is 32.2. The SMILES string of the molecule is CC(C)(O)C#Cc1ccc([C@@H]2NCCS2)cc1. The highest BCUT2D eigenvalue weighted by Crippen LogP contribution is 2.29. The van der Waals surface area contributed by atoms with Crippen LogP contribution in [0.1, 0.15) is 30.3 Å². The van der Waals surface area contributed by atoms with Gasteiger partial charge in [0.05, 0.1) is 5.37 Å². The molecule has 90 valence electrons. The van der Waals surface area contributed by atoms with Crippen LogP contribution in [0.4, 0.5) is 0 Å². The third kappa shape index (κ3) is 3.78. The van der Waals surface area contributed by atoms with Crippen LogP contribution in [0.2, 0.25) is 0 Å². The van der Waals surface area contributed by atoms with E-state index in [2.05, 4.69) is 29.3 Å². The van der Waals surface area contributed by atoms with E-state index < -0.39 is 5.60 Å². The van der Waals surface area contributed by atoms with Crippen LogP contribution >= 0.6 is 11.8 Å². The minimum atomic E-state index is -0.929. The molecule has 1 aromatic rings. The van der Waals surface area contributed by atoms with Gasteiger partial charge in [0.15, 0.2) is 0 Å². The van der Waals surface area contributed by atoms with Crippen molar-refractivity contribution in [3.63, 3.8) is 0 Å². The molecule has 1 atom stereocenters. The van der Waals surface area contributed by atoms with Crippen molar-refractivity contribution in [3.8, 4) is 11.8 Å². The molecule has 0 spiro atoms. The molecule has 2 N–H and O–H groups in total. The topological polar surface area (TPSA) is 32.3 Å². The van der Waals surface area contributed by atoms with Crippen LogP contribution in [-0.4, -0.2) is 23.0 Å². The van der Waals surface area contributed by atoms with Gasteiger partial charge in [-0.2, -0.15) is 0 Å². The number of thioether (sulfide) groups is 1. The van der Waals surface area contributed by atoms with E-state index >= 15 is 0 Å². The standard InChI is InChI=1S/C14H17NOS/c1-14(2,16)8-7-11-3-5-12(6-4-11)13-15-9-10-17-13/h3-6,13,15-16H,9-10H2,1-2H3/t13-/m1/s1. The van der Waals surface area contributed by atoms with Crippen molar-refractivity contribution in [3.05, 3.63) is 35.4 Å². The molecule has 1 aliphatic heterocycles. The Morgan fingerprint density at radius 3 is 2.59 bits per heavy atom. The Hall–Kier alpha value is -0.950. The molecule has 1 aromatic carbocycles.